The molecule has 2 aromatic rings. The van der Waals surface area contributed by atoms with Crippen LogP contribution in [-0.2, 0) is 0 Å². The minimum Gasteiger partial charge on any atom is -0.493 e. The Morgan fingerprint density at radius 2 is 2.00 bits per heavy atom. The summed E-state index contributed by atoms with van der Waals surface area (Å²) >= 11 is 0. The standard InChI is InChI=1S/C16H21N3O2/c1-11(2)19-15(14(21-3)10-18-19)16(20)13(9-17)12-7-5-4-6-8-12/h4-8,10-11,13H,9,17H2,1-3H3. The van der Waals surface area contributed by atoms with Gasteiger partial charge in [0.1, 0.15) is 5.69 Å². The topological polar surface area (TPSA) is 70.1 Å². The molecule has 21 heavy (non-hydrogen) atoms. The average Bonchev–Trinajstić information content (AvgIpc) is 2.93. The normalized spacial score (nSPS) is 12.4. The monoisotopic (exact) mass is 287 g/mol. The molecule has 1 heterocycles. The Labute approximate surface area is 124 Å². The molecule has 0 saturated heterocycles. The second-order valence-corrected chi connectivity index (χ2v) is 5.16. The third kappa shape index (κ3) is 2.97. The Morgan fingerprint density at radius 3 is 2.52 bits per heavy atom. The molecule has 2 rings (SSSR count). The maximum atomic E-state index is 12.9. The summed E-state index contributed by atoms with van der Waals surface area (Å²) in [7, 11) is 1.54. The second kappa shape index (κ2) is 6.54. The number of methoxy groups -OCH3 is 1. The van der Waals surface area contributed by atoms with Gasteiger partial charge < -0.3 is 10.5 Å². The van der Waals surface area contributed by atoms with Crippen molar-refractivity contribution in [2.24, 2.45) is 5.73 Å². The number of nitrogens with zero attached hydrogens (tertiary/aromatic N) is 2. The van der Waals surface area contributed by atoms with E-state index in [1.165, 1.54) is 0 Å². The molecule has 5 nitrogen and oxygen atoms in total. The predicted octanol–water partition coefficient (Wildman–Crippen LogP) is 2.40. The highest BCUT2D eigenvalue weighted by Crippen LogP contribution is 2.27. The highest BCUT2D eigenvalue weighted by molar-refractivity contribution is 6.02. The highest BCUT2D eigenvalue weighted by Gasteiger charge is 2.28. The number of hydrogen-bond donors (Lipinski definition) is 1. The molecule has 112 valence electrons. The van der Waals surface area contributed by atoms with Gasteiger partial charge in [0.05, 0.1) is 19.2 Å². The van der Waals surface area contributed by atoms with Crippen LogP contribution >= 0.6 is 0 Å². The Hall–Kier alpha value is -2.14. The van der Waals surface area contributed by atoms with Gasteiger partial charge in [0.15, 0.2) is 11.5 Å². The van der Waals surface area contributed by atoms with Crippen molar-refractivity contribution in [1.82, 2.24) is 9.78 Å². The molecule has 1 unspecified atom stereocenters. The lowest BCUT2D eigenvalue weighted by Gasteiger charge is -2.17. The smallest absolute Gasteiger partial charge is 0.193 e. The van der Waals surface area contributed by atoms with Gasteiger partial charge in [-0.25, -0.2) is 0 Å². The van der Waals surface area contributed by atoms with E-state index in [4.69, 9.17) is 10.5 Å². The Balaban J connectivity index is 2.45. The van der Waals surface area contributed by atoms with Crippen LogP contribution in [0, 0.1) is 0 Å². The van der Waals surface area contributed by atoms with Crippen molar-refractivity contribution >= 4 is 5.78 Å². The summed E-state index contributed by atoms with van der Waals surface area (Å²) < 4.78 is 6.97. The molecular weight excluding hydrogens is 266 g/mol. The first-order chi connectivity index (χ1) is 10.1. The van der Waals surface area contributed by atoms with Crippen LogP contribution in [0.4, 0.5) is 0 Å². The number of benzene rings is 1. The Morgan fingerprint density at radius 1 is 1.33 bits per heavy atom. The van der Waals surface area contributed by atoms with Gasteiger partial charge in [-0.1, -0.05) is 30.3 Å². The van der Waals surface area contributed by atoms with Crippen molar-refractivity contribution in [2.45, 2.75) is 25.8 Å². The number of ketones is 1. The van der Waals surface area contributed by atoms with Gasteiger partial charge in [-0.15, -0.1) is 0 Å². The van der Waals surface area contributed by atoms with Gasteiger partial charge >= 0.3 is 0 Å². The van der Waals surface area contributed by atoms with Gasteiger partial charge in [0.2, 0.25) is 0 Å². The van der Waals surface area contributed by atoms with Gasteiger partial charge in [0, 0.05) is 12.6 Å². The average molecular weight is 287 g/mol. The van der Waals surface area contributed by atoms with Crippen molar-refractivity contribution in [2.75, 3.05) is 13.7 Å². The molecule has 1 atom stereocenters. The fourth-order valence-corrected chi connectivity index (χ4v) is 2.37. The van der Waals surface area contributed by atoms with E-state index in [0.717, 1.165) is 5.56 Å². The SMILES string of the molecule is COc1cnn(C(C)C)c1C(=O)C(CN)c1ccccc1. The molecule has 1 aromatic heterocycles. The number of rotatable bonds is 6. The molecule has 0 saturated carbocycles. The molecule has 0 fully saturated rings. The number of hydrogen-bond acceptors (Lipinski definition) is 4. The summed E-state index contributed by atoms with van der Waals surface area (Å²) in [4.78, 5) is 12.9. The summed E-state index contributed by atoms with van der Waals surface area (Å²) in [5.74, 6) is 0.0316. The minimum absolute atomic E-state index is 0.0632. The van der Waals surface area contributed by atoms with E-state index >= 15 is 0 Å². The molecule has 0 bridgehead atoms. The van der Waals surface area contributed by atoms with Crippen LogP contribution in [0.5, 0.6) is 5.75 Å². The van der Waals surface area contributed by atoms with Crippen molar-refractivity contribution in [1.29, 1.82) is 0 Å². The van der Waals surface area contributed by atoms with E-state index in [1.54, 1.807) is 18.0 Å². The zero-order valence-corrected chi connectivity index (χ0v) is 12.6. The number of carbonyl (C=O) groups is 1. The van der Waals surface area contributed by atoms with E-state index in [0.29, 0.717) is 11.4 Å². The maximum Gasteiger partial charge on any atom is 0.193 e. The fraction of sp³-hybridized carbons (Fsp3) is 0.375. The van der Waals surface area contributed by atoms with E-state index in [2.05, 4.69) is 5.10 Å². The van der Waals surface area contributed by atoms with Crippen LogP contribution in [0.3, 0.4) is 0 Å². The summed E-state index contributed by atoms with van der Waals surface area (Å²) in [5.41, 5.74) is 7.22. The first-order valence-electron chi connectivity index (χ1n) is 7.00. The maximum absolute atomic E-state index is 12.9. The largest absolute Gasteiger partial charge is 0.493 e. The summed E-state index contributed by atoms with van der Waals surface area (Å²) in [5, 5.41) is 4.25. The molecule has 2 N–H and O–H groups in total. The predicted molar refractivity (Wildman–Crippen MR) is 81.7 cm³/mol. The summed E-state index contributed by atoms with van der Waals surface area (Å²) in [6, 6.07) is 9.63. The molecule has 0 aliphatic heterocycles. The number of ether oxygens (including phenoxy) is 1. The summed E-state index contributed by atoms with van der Waals surface area (Å²) in [6.07, 6.45) is 1.58. The number of carbonyl (C=O) groups excluding carboxylic acids is 1. The van der Waals surface area contributed by atoms with E-state index in [9.17, 15) is 4.79 Å². The molecular formula is C16H21N3O2. The van der Waals surface area contributed by atoms with Crippen molar-refractivity contribution in [3.05, 3.63) is 47.8 Å². The first-order valence-corrected chi connectivity index (χ1v) is 7.00. The van der Waals surface area contributed by atoms with Crippen molar-refractivity contribution in [3.8, 4) is 5.75 Å². The van der Waals surface area contributed by atoms with Crippen molar-refractivity contribution < 1.29 is 9.53 Å². The molecule has 5 heteroatoms. The summed E-state index contributed by atoms with van der Waals surface area (Å²) in [6.45, 7) is 4.20. The number of aromatic nitrogens is 2. The van der Waals surface area contributed by atoms with Gasteiger partial charge in [0.25, 0.3) is 0 Å². The second-order valence-electron chi connectivity index (χ2n) is 5.16. The minimum atomic E-state index is -0.394. The third-order valence-electron chi connectivity index (χ3n) is 3.46. The third-order valence-corrected chi connectivity index (χ3v) is 3.46. The van der Waals surface area contributed by atoms with Gasteiger partial charge in [-0.05, 0) is 19.4 Å². The van der Waals surface area contributed by atoms with E-state index in [1.807, 2.05) is 44.2 Å². The quantitative estimate of drug-likeness (QED) is 0.828. The lowest BCUT2D eigenvalue weighted by atomic mass is 9.92. The molecule has 0 aliphatic carbocycles. The molecule has 1 aromatic carbocycles. The van der Waals surface area contributed by atoms with Gasteiger partial charge in [-0.3, -0.25) is 9.48 Å². The zero-order chi connectivity index (χ0) is 15.4. The first kappa shape index (κ1) is 15.3. The van der Waals surface area contributed by atoms with Crippen LogP contribution in [0.25, 0.3) is 0 Å². The van der Waals surface area contributed by atoms with E-state index < -0.39 is 5.92 Å². The van der Waals surface area contributed by atoms with E-state index in [-0.39, 0.29) is 18.4 Å². The van der Waals surface area contributed by atoms with Crippen LogP contribution < -0.4 is 10.5 Å². The van der Waals surface area contributed by atoms with Crippen LogP contribution in [-0.4, -0.2) is 29.2 Å². The number of Topliss-reactive ketones (excluding diaryl/α,β-unsaturated/α-hetero) is 1. The van der Waals surface area contributed by atoms with Crippen LogP contribution in [0.1, 0.15) is 41.9 Å². The lowest BCUT2D eigenvalue weighted by Crippen LogP contribution is -2.25. The van der Waals surface area contributed by atoms with Crippen molar-refractivity contribution in [3.63, 3.8) is 0 Å². The lowest BCUT2D eigenvalue weighted by molar-refractivity contribution is 0.0946. The molecule has 0 radical (unpaired) electrons. The fourth-order valence-electron chi connectivity index (χ4n) is 2.37. The molecule has 0 aliphatic rings. The van der Waals surface area contributed by atoms with Gasteiger partial charge in [-0.2, -0.15) is 5.10 Å². The Kier molecular flexibility index (Phi) is 4.75. The Bertz CT molecular complexity index is 605. The number of nitrogens with two attached hydrogens (primary N) is 1. The van der Waals surface area contributed by atoms with Crippen LogP contribution in [0.2, 0.25) is 0 Å². The highest BCUT2D eigenvalue weighted by atomic mass is 16.5. The zero-order valence-electron chi connectivity index (χ0n) is 12.6. The van der Waals surface area contributed by atoms with Crippen LogP contribution in [0.15, 0.2) is 36.5 Å². The molecule has 0 spiro atoms. The molecule has 0 amide bonds.